The number of ether oxygens (including phenoxy) is 1. The van der Waals surface area contributed by atoms with Gasteiger partial charge in [-0.25, -0.2) is 0 Å². The van der Waals surface area contributed by atoms with Crippen LogP contribution in [0.1, 0.15) is 25.7 Å². The number of amides is 1. The van der Waals surface area contributed by atoms with Crippen molar-refractivity contribution in [3.8, 4) is 6.07 Å². The van der Waals surface area contributed by atoms with E-state index in [0.717, 1.165) is 45.4 Å². The molecule has 0 aromatic heterocycles. The minimum Gasteiger partial charge on any atom is -0.381 e. The predicted molar refractivity (Wildman–Crippen MR) is 58.5 cm³/mol. The second kappa shape index (κ2) is 4.42. The molecule has 1 aliphatic carbocycles. The van der Waals surface area contributed by atoms with Crippen molar-refractivity contribution in [3.63, 3.8) is 0 Å². The van der Waals surface area contributed by atoms with Crippen LogP contribution in [-0.2, 0) is 9.53 Å². The van der Waals surface area contributed by atoms with Gasteiger partial charge in [-0.3, -0.25) is 4.79 Å². The van der Waals surface area contributed by atoms with Crippen molar-refractivity contribution in [1.82, 2.24) is 4.90 Å². The van der Waals surface area contributed by atoms with E-state index in [4.69, 9.17) is 10.00 Å². The van der Waals surface area contributed by atoms with Crippen LogP contribution in [0.3, 0.4) is 0 Å². The van der Waals surface area contributed by atoms with Gasteiger partial charge in [0.2, 0.25) is 5.91 Å². The zero-order valence-corrected chi connectivity index (χ0v) is 9.74. The Labute approximate surface area is 96.2 Å². The molecule has 1 aliphatic heterocycles. The largest absolute Gasteiger partial charge is 0.381 e. The lowest BCUT2D eigenvalue weighted by Crippen LogP contribution is -2.38. The summed E-state index contributed by atoms with van der Waals surface area (Å²) < 4.78 is 5.29. The molecular formula is C12H18N2O2. The third-order valence-corrected chi connectivity index (χ3v) is 3.59. The zero-order valence-electron chi connectivity index (χ0n) is 9.74. The maximum Gasteiger partial charge on any atom is 0.242 e. The summed E-state index contributed by atoms with van der Waals surface area (Å²) >= 11 is 0. The number of hydrogen-bond donors (Lipinski definition) is 0. The van der Waals surface area contributed by atoms with E-state index in [9.17, 15) is 4.79 Å². The molecule has 0 aromatic carbocycles. The molecule has 2 fully saturated rings. The standard InChI is InChI=1S/C12H18N2O2/c1-14(8-10-2-6-16-7-3-10)11(15)12(9-13)4-5-12/h10H,2-8H2,1H3. The number of nitriles is 1. The van der Waals surface area contributed by atoms with Gasteiger partial charge in [0.1, 0.15) is 5.41 Å². The van der Waals surface area contributed by atoms with E-state index in [0.29, 0.717) is 5.92 Å². The minimum absolute atomic E-state index is 0.0153. The van der Waals surface area contributed by atoms with Crippen LogP contribution in [0, 0.1) is 22.7 Å². The molecule has 0 radical (unpaired) electrons. The summed E-state index contributed by atoms with van der Waals surface area (Å²) in [5.41, 5.74) is -0.667. The topological polar surface area (TPSA) is 53.3 Å². The minimum atomic E-state index is -0.667. The molecule has 1 saturated heterocycles. The molecule has 4 nitrogen and oxygen atoms in total. The SMILES string of the molecule is CN(CC1CCOCC1)C(=O)C1(C#N)CC1. The predicted octanol–water partition coefficient (Wildman–Crippen LogP) is 1.18. The van der Waals surface area contributed by atoms with Crippen molar-refractivity contribution in [2.45, 2.75) is 25.7 Å². The monoisotopic (exact) mass is 222 g/mol. The highest BCUT2D eigenvalue weighted by atomic mass is 16.5. The average molecular weight is 222 g/mol. The first kappa shape index (κ1) is 11.4. The average Bonchev–Trinajstić information content (AvgIpc) is 3.10. The summed E-state index contributed by atoms with van der Waals surface area (Å²) in [5, 5.41) is 8.96. The number of rotatable bonds is 3. The van der Waals surface area contributed by atoms with Crippen LogP contribution >= 0.6 is 0 Å². The summed E-state index contributed by atoms with van der Waals surface area (Å²) in [6, 6.07) is 2.15. The molecule has 0 atom stereocenters. The van der Waals surface area contributed by atoms with Gasteiger partial charge >= 0.3 is 0 Å². The fourth-order valence-corrected chi connectivity index (χ4v) is 2.26. The zero-order chi connectivity index (χ0) is 11.6. The van der Waals surface area contributed by atoms with Gasteiger partial charge in [0.05, 0.1) is 6.07 Å². The van der Waals surface area contributed by atoms with E-state index in [1.165, 1.54) is 0 Å². The summed E-state index contributed by atoms with van der Waals surface area (Å²) in [4.78, 5) is 13.7. The second-order valence-corrected chi connectivity index (χ2v) is 4.94. The number of hydrogen-bond acceptors (Lipinski definition) is 3. The molecule has 1 heterocycles. The fraction of sp³-hybridized carbons (Fsp3) is 0.833. The van der Waals surface area contributed by atoms with E-state index >= 15 is 0 Å². The van der Waals surface area contributed by atoms with Gasteiger partial charge in [0.15, 0.2) is 0 Å². The van der Waals surface area contributed by atoms with Crippen molar-refractivity contribution in [2.75, 3.05) is 26.8 Å². The Morgan fingerprint density at radius 2 is 2.12 bits per heavy atom. The molecule has 0 bridgehead atoms. The molecule has 4 heteroatoms. The molecule has 0 spiro atoms. The van der Waals surface area contributed by atoms with Crippen LogP contribution in [0.2, 0.25) is 0 Å². The Hall–Kier alpha value is -1.08. The summed E-state index contributed by atoms with van der Waals surface area (Å²) in [5.74, 6) is 0.554. The van der Waals surface area contributed by atoms with Crippen LogP contribution in [0.4, 0.5) is 0 Å². The first-order chi connectivity index (χ1) is 7.68. The van der Waals surface area contributed by atoms with Crippen molar-refractivity contribution in [3.05, 3.63) is 0 Å². The first-order valence-electron chi connectivity index (χ1n) is 5.92. The van der Waals surface area contributed by atoms with Gasteiger partial charge < -0.3 is 9.64 Å². The van der Waals surface area contributed by atoms with Gasteiger partial charge in [0, 0.05) is 26.8 Å². The Kier molecular flexibility index (Phi) is 3.15. The van der Waals surface area contributed by atoms with Gasteiger partial charge in [-0.15, -0.1) is 0 Å². The molecule has 1 amide bonds. The van der Waals surface area contributed by atoms with Crippen LogP contribution in [0.5, 0.6) is 0 Å². The normalized spacial score (nSPS) is 23.5. The van der Waals surface area contributed by atoms with E-state index in [2.05, 4.69) is 6.07 Å². The molecular weight excluding hydrogens is 204 g/mol. The molecule has 88 valence electrons. The number of carbonyl (C=O) groups is 1. The fourth-order valence-electron chi connectivity index (χ4n) is 2.26. The van der Waals surface area contributed by atoms with Crippen molar-refractivity contribution in [1.29, 1.82) is 5.26 Å². The van der Waals surface area contributed by atoms with Gasteiger partial charge in [-0.1, -0.05) is 0 Å². The Morgan fingerprint density at radius 3 is 2.62 bits per heavy atom. The summed E-state index contributed by atoms with van der Waals surface area (Å²) in [6.45, 7) is 2.37. The Morgan fingerprint density at radius 1 is 1.50 bits per heavy atom. The number of carbonyl (C=O) groups excluding carboxylic acids is 1. The molecule has 2 rings (SSSR count). The maximum absolute atomic E-state index is 12.0. The van der Waals surface area contributed by atoms with Gasteiger partial charge in [-0.05, 0) is 31.6 Å². The van der Waals surface area contributed by atoms with Crippen LogP contribution < -0.4 is 0 Å². The Balaban J connectivity index is 1.85. The lowest BCUT2D eigenvalue weighted by molar-refractivity contribution is -0.134. The van der Waals surface area contributed by atoms with E-state index in [1.807, 2.05) is 7.05 Å². The lowest BCUT2D eigenvalue weighted by atomic mass is 9.99. The summed E-state index contributed by atoms with van der Waals surface area (Å²) in [7, 11) is 1.81. The number of nitrogens with zero attached hydrogens (tertiary/aromatic N) is 2. The quantitative estimate of drug-likeness (QED) is 0.720. The molecule has 16 heavy (non-hydrogen) atoms. The van der Waals surface area contributed by atoms with Crippen molar-refractivity contribution < 1.29 is 9.53 Å². The van der Waals surface area contributed by atoms with E-state index < -0.39 is 5.41 Å². The maximum atomic E-state index is 12.0. The molecule has 1 saturated carbocycles. The highest BCUT2D eigenvalue weighted by Crippen LogP contribution is 2.46. The van der Waals surface area contributed by atoms with E-state index in [1.54, 1.807) is 4.90 Å². The highest BCUT2D eigenvalue weighted by Gasteiger charge is 2.52. The molecule has 2 aliphatic rings. The smallest absolute Gasteiger partial charge is 0.242 e. The Bertz CT molecular complexity index is 311. The second-order valence-electron chi connectivity index (χ2n) is 4.94. The first-order valence-corrected chi connectivity index (χ1v) is 5.92. The highest BCUT2D eigenvalue weighted by molar-refractivity contribution is 5.88. The molecule has 0 N–H and O–H groups in total. The lowest BCUT2D eigenvalue weighted by Gasteiger charge is -2.28. The summed E-state index contributed by atoms with van der Waals surface area (Å²) in [6.07, 6.45) is 3.52. The van der Waals surface area contributed by atoms with Crippen LogP contribution in [0.15, 0.2) is 0 Å². The van der Waals surface area contributed by atoms with Crippen molar-refractivity contribution in [2.24, 2.45) is 11.3 Å². The van der Waals surface area contributed by atoms with Gasteiger partial charge in [-0.2, -0.15) is 5.26 Å². The third kappa shape index (κ3) is 2.19. The molecule has 0 aromatic rings. The van der Waals surface area contributed by atoms with Gasteiger partial charge in [0.25, 0.3) is 0 Å². The third-order valence-electron chi connectivity index (χ3n) is 3.59. The van der Waals surface area contributed by atoms with Crippen LogP contribution in [0.25, 0.3) is 0 Å². The molecule has 0 unspecified atom stereocenters. The van der Waals surface area contributed by atoms with E-state index in [-0.39, 0.29) is 5.91 Å². The van der Waals surface area contributed by atoms with Crippen LogP contribution in [-0.4, -0.2) is 37.6 Å². The van der Waals surface area contributed by atoms with Crippen molar-refractivity contribution >= 4 is 5.91 Å².